The highest BCUT2D eigenvalue weighted by Gasteiger charge is 2.13. The van der Waals surface area contributed by atoms with Crippen LogP contribution >= 0.6 is 11.6 Å². The second-order valence-electron chi connectivity index (χ2n) is 5.16. The molecule has 0 radical (unpaired) electrons. The first-order valence-electron chi connectivity index (χ1n) is 6.86. The Bertz CT molecular complexity index is 638. The maximum absolute atomic E-state index is 12.2. The fraction of sp³-hybridized carbons (Fsp3) is 0.235. The van der Waals surface area contributed by atoms with Gasteiger partial charge in [0.2, 0.25) is 5.91 Å². The predicted octanol–water partition coefficient (Wildman–Crippen LogP) is 4.40. The van der Waals surface area contributed by atoms with Gasteiger partial charge < -0.3 is 10.6 Å². The first kappa shape index (κ1) is 15.4. The normalized spacial score (nSPS) is 11.8. The molecule has 21 heavy (non-hydrogen) atoms. The van der Waals surface area contributed by atoms with Crippen molar-refractivity contribution in [2.45, 2.75) is 26.8 Å². The molecule has 0 heterocycles. The van der Waals surface area contributed by atoms with Crippen LogP contribution in [0.5, 0.6) is 0 Å². The lowest BCUT2D eigenvalue weighted by Crippen LogP contribution is -2.31. The van der Waals surface area contributed by atoms with Crippen LogP contribution in [-0.2, 0) is 4.79 Å². The Kier molecular flexibility index (Phi) is 4.86. The molecule has 4 heteroatoms. The van der Waals surface area contributed by atoms with Crippen LogP contribution < -0.4 is 10.6 Å². The van der Waals surface area contributed by atoms with E-state index in [-0.39, 0.29) is 11.9 Å². The summed E-state index contributed by atoms with van der Waals surface area (Å²) in [6.45, 7) is 5.90. The predicted molar refractivity (Wildman–Crippen MR) is 89.1 cm³/mol. The van der Waals surface area contributed by atoms with Crippen molar-refractivity contribution in [2.75, 3.05) is 10.6 Å². The Balaban J connectivity index is 1.98. The van der Waals surface area contributed by atoms with E-state index >= 15 is 0 Å². The van der Waals surface area contributed by atoms with Gasteiger partial charge in [-0.15, -0.1) is 0 Å². The summed E-state index contributed by atoms with van der Waals surface area (Å²) in [5, 5.41) is 6.73. The number of halogens is 1. The Morgan fingerprint density at radius 2 is 1.62 bits per heavy atom. The number of carbonyl (C=O) groups is 1. The molecule has 0 aliphatic rings. The van der Waals surface area contributed by atoms with Crippen LogP contribution in [0.25, 0.3) is 0 Å². The smallest absolute Gasteiger partial charge is 0.246 e. The average molecular weight is 303 g/mol. The third-order valence-electron chi connectivity index (χ3n) is 3.40. The first-order chi connectivity index (χ1) is 9.95. The summed E-state index contributed by atoms with van der Waals surface area (Å²) in [7, 11) is 0. The van der Waals surface area contributed by atoms with Gasteiger partial charge in [-0.2, -0.15) is 0 Å². The molecular formula is C17H19ClN2O. The van der Waals surface area contributed by atoms with Crippen molar-refractivity contribution in [2.24, 2.45) is 0 Å². The van der Waals surface area contributed by atoms with Gasteiger partial charge in [0, 0.05) is 16.4 Å². The molecule has 1 amide bonds. The highest BCUT2D eigenvalue weighted by Crippen LogP contribution is 2.16. The van der Waals surface area contributed by atoms with Crippen molar-refractivity contribution in [3.63, 3.8) is 0 Å². The Hall–Kier alpha value is -2.00. The van der Waals surface area contributed by atoms with E-state index in [4.69, 9.17) is 11.6 Å². The van der Waals surface area contributed by atoms with E-state index in [1.807, 2.05) is 51.1 Å². The van der Waals surface area contributed by atoms with Crippen molar-refractivity contribution in [1.29, 1.82) is 0 Å². The topological polar surface area (TPSA) is 41.1 Å². The summed E-state index contributed by atoms with van der Waals surface area (Å²) < 4.78 is 0. The number of nitrogens with one attached hydrogen (secondary N) is 2. The Morgan fingerprint density at radius 3 is 2.24 bits per heavy atom. The molecule has 2 rings (SSSR count). The van der Waals surface area contributed by atoms with Gasteiger partial charge in [0.05, 0.1) is 0 Å². The first-order valence-corrected chi connectivity index (χ1v) is 7.24. The lowest BCUT2D eigenvalue weighted by Gasteiger charge is -2.16. The third-order valence-corrected chi connectivity index (χ3v) is 3.65. The van der Waals surface area contributed by atoms with E-state index in [0.29, 0.717) is 5.02 Å². The molecule has 0 aliphatic carbocycles. The molecule has 0 saturated carbocycles. The molecule has 2 aromatic carbocycles. The molecular weight excluding hydrogens is 284 g/mol. The highest BCUT2D eigenvalue weighted by atomic mass is 35.5. The minimum atomic E-state index is -0.340. The average Bonchev–Trinajstić information content (AvgIpc) is 2.45. The monoisotopic (exact) mass is 302 g/mol. The molecule has 1 unspecified atom stereocenters. The molecule has 2 N–H and O–H groups in total. The van der Waals surface area contributed by atoms with Gasteiger partial charge in [0.15, 0.2) is 0 Å². The van der Waals surface area contributed by atoms with Gasteiger partial charge in [0.25, 0.3) is 0 Å². The van der Waals surface area contributed by atoms with Gasteiger partial charge in [-0.3, -0.25) is 4.79 Å². The van der Waals surface area contributed by atoms with Crippen LogP contribution in [0.4, 0.5) is 11.4 Å². The lowest BCUT2D eigenvalue weighted by atomic mass is 10.1. The zero-order valence-corrected chi connectivity index (χ0v) is 13.2. The largest absolute Gasteiger partial charge is 0.374 e. The molecule has 0 spiro atoms. The van der Waals surface area contributed by atoms with Crippen molar-refractivity contribution >= 4 is 28.9 Å². The van der Waals surface area contributed by atoms with Crippen LogP contribution in [0.3, 0.4) is 0 Å². The number of benzene rings is 2. The standard InChI is InChI=1S/C17H19ClN2O/c1-11-4-7-16(10-12(11)2)20-17(21)13(3)19-15-8-5-14(18)6-9-15/h4-10,13,19H,1-3H3,(H,20,21). The SMILES string of the molecule is Cc1ccc(NC(=O)C(C)Nc2ccc(Cl)cc2)cc1C. The minimum absolute atomic E-state index is 0.0757. The van der Waals surface area contributed by atoms with Crippen LogP contribution in [-0.4, -0.2) is 11.9 Å². The maximum atomic E-state index is 12.2. The molecule has 1 atom stereocenters. The van der Waals surface area contributed by atoms with E-state index in [1.54, 1.807) is 12.1 Å². The summed E-state index contributed by atoms with van der Waals surface area (Å²) in [4.78, 5) is 12.2. The number of hydrogen-bond donors (Lipinski definition) is 2. The maximum Gasteiger partial charge on any atom is 0.246 e. The number of aryl methyl sites for hydroxylation is 2. The van der Waals surface area contributed by atoms with Crippen molar-refractivity contribution in [3.05, 3.63) is 58.6 Å². The van der Waals surface area contributed by atoms with Crippen LogP contribution in [0.1, 0.15) is 18.1 Å². The van der Waals surface area contributed by atoms with Crippen LogP contribution in [0, 0.1) is 13.8 Å². The summed E-state index contributed by atoms with van der Waals surface area (Å²) >= 11 is 5.84. The van der Waals surface area contributed by atoms with Crippen molar-refractivity contribution in [1.82, 2.24) is 0 Å². The lowest BCUT2D eigenvalue weighted by molar-refractivity contribution is -0.116. The zero-order chi connectivity index (χ0) is 15.4. The Labute approximate surface area is 130 Å². The van der Waals surface area contributed by atoms with Gasteiger partial charge in [-0.1, -0.05) is 17.7 Å². The second-order valence-corrected chi connectivity index (χ2v) is 5.60. The van der Waals surface area contributed by atoms with Gasteiger partial charge in [-0.25, -0.2) is 0 Å². The minimum Gasteiger partial charge on any atom is -0.374 e. The molecule has 0 fully saturated rings. The molecule has 3 nitrogen and oxygen atoms in total. The van der Waals surface area contributed by atoms with E-state index in [2.05, 4.69) is 10.6 Å². The molecule has 2 aromatic rings. The Morgan fingerprint density at radius 1 is 1.00 bits per heavy atom. The van der Waals surface area contributed by atoms with Crippen LogP contribution in [0.2, 0.25) is 5.02 Å². The fourth-order valence-corrected chi connectivity index (χ4v) is 2.06. The van der Waals surface area contributed by atoms with Gasteiger partial charge >= 0.3 is 0 Å². The summed E-state index contributed by atoms with van der Waals surface area (Å²) in [6.07, 6.45) is 0. The summed E-state index contributed by atoms with van der Waals surface area (Å²) in [5.74, 6) is -0.0757. The molecule has 110 valence electrons. The fourth-order valence-electron chi connectivity index (χ4n) is 1.93. The highest BCUT2D eigenvalue weighted by molar-refractivity contribution is 6.30. The third kappa shape index (κ3) is 4.23. The van der Waals surface area contributed by atoms with E-state index < -0.39 is 0 Å². The number of anilines is 2. The molecule has 0 bridgehead atoms. The molecule has 0 aliphatic heterocycles. The summed E-state index contributed by atoms with van der Waals surface area (Å²) in [6, 6.07) is 12.8. The molecule has 0 saturated heterocycles. The van der Waals surface area contributed by atoms with Crippen LogP contribution in [0.15, 0.2) is 42.5 Å². The molecule has 0 aromatic heterocycles. The number of amides is 1. The van der Waals surface area contributed by atoms with E-state index in [9.17, 15) is 4.79 Å². The summed E-state index contributed by atoms with van der Waals surface area (Å²) in [5.41, 5.74) is 4.04. The number of carbonyl (C=O) groups excluding carboxylic acids is 1. The second kappa shape index (κ2) is 6.64. The van der Waals surface area contributed by atoms with E-state index in [1.165, 1.54) is 5.56 Å². The van der Waals surface area contributed by atoms with Gasteiger partial charge in [0.1, 0.15) is 6.04 Å². The quantitative estimate of drug-likeness (QED) is 0.879. The van der Waals surface area contributed by atoms with E-state index in [0.717, 1.165) is 16.9 Å². The number of hydrogen-bond acceptors (Lipinski definition) is 2. The zero-order valence-electron chi connectivity index (χ0n) is 12.4. The number of rotatable bonds is 4. The van der Waals surface area contributed by atoms with Crippen molar-refractivity contribution in [3.8, 4) is 0 Å². The van der Waals surface area contributed by atoms with Crippen molar-refractivity contribution < 1.29 is 4.79 Å². The van der Waals surface area contributed by atoms with Gasteiger partial charge in [-0.05, 0) is 68.3 Å².